The van der Waals surface area contributed by atoms with Crippen LogP contribution >= 0.6 is 0 Å². The molecular formula is C13H17N3O4S. The van der Waals surface area contributed by atoms with E-state index in [0.29, 0.717) is 17.7 Å². The molecule has 1 aromatic rings. The first-order valence-corrected chi connectivity index (χ1v) is 8.32. The van der Waals surface area contributed by atoms with Gasteiger partial charge in [-0.05, 0) is 18.6 Å². The highest BCUT2D eigenvalue weighted by Crippen LogP contribution is 2.14. The summed E-state index contributed by atoms with van der Waals surface area (Å²) in [5.74, 6) is -0.816. The molecule has 0 saturated carbocycles. The van der Waals surface area contributed by atoms with E-state index in [1.165, 1.54) is 0 Å². The fourth-order valence-electron chi connectivity index (χ4n) is 2.22. The van der Waals surface area contributed by atoms with E-state index in [-0.39, 0.29) is 30.0 Å². The zero-order valence-corrected chi connectivity index (χ0v) is 12.2. The van der Waals surface area contributed by atoms with E-state index in [9.17, 15) is 18.0 Å². The molecule has 1 aliphatic heterocycles. The summed E-state index contributed by atoms with van der Waals surface area (Å²) in [6, 6.07) is 6.26. The van der Waals surface area contributed by atoms with Crippen molar-refractivity contribution < 1.29 is 18.0 Å². The van der Waals surface area contributed by atoms with Gasteiger partial charge >= 0.3 is 0 Å². The second-order valence-corrected chi connectivity index (χ2v) is 7.16. The molecule has 1 aliphatic rings. The Kier molecular flexibility index (Phi) is 4.46. The Morgan fingerprint density at radius 2 is 2.00 bits per heavy atom. The molecular weight excluding hydrogens is 294 g/mol. The van der Waals surface area contributed by atoms with Crippen LogP contribution < -0.4 is 16.4 Å². The van der Waals surface area contributed by atoms with Crippen molar-refractivity contribution in [2.75, 3.05) is 23.4 Å². The predicted octanol–water partition coefficient (Wildman–Crippen LogP) is -0.499. The maximum Gasteiger partial charge on any atom is 0.250 e. The molecule has 1 atom stereocenters. The lowest BCUT2D eigenvalue weighted by atomic mass is 10.1. The molecule has 2 rings (SSSR count). The quantitative estimate of drug-likeness (QED) is 0.677. The molecule has 21 heavy (non-hydrogen) atoms. The third-order valence-electron chi connectivity index (χ3n) is 3.23. The Balaban J connectivity index is 1.89. The van der Waals surface area contributed by atoms with Gasteiger partial charge in [-0.1, -0.05) is 12.1 Å². The molecule has 0 unspecified atom stereocenters. The zero-order chi connectivity index (χ0) is 15.5. The summed E-state index contributed by atoms with van der Waals surface area (Å²) in [7, 11) is -3.02. The van der Waals surface area contributed by atoms with Gasteiger partial charge in [0, 0.05) is 11.7 Å². The number of amides is 2. The molecule has 2 amide bonds. The number of benzene rings is 1. The lowest BCUT2D eigenvalue weighted by molar-refractivity contribution is -0.119. The maximum atomic E-state index is 11.8. The van der Waals surface area contributed by atoms with Crippen LogP contribution in [0.25, 0.3) is 0 Å². The Morgan fingerprint density at radius 1 is 1.29 bits per heavy atom. The number of hydrogen-bond acceptors (Lipinski definition) is 5. The first-order chi connectivity index (χ1) is 9.87. The molecule has 0 aromatic heterocycles. The lowest BCUT2D eigenvalue weighted by Crippen LogP contribution is -2.39. The molecule has 0 bridgehead atoms. The van der Waals surface area contributed by atoms with Crippen molar-refractivity contribution in [1.82, 2.24) is 5.32 Å². The van der Waals surface area contributed by atoms with Gasteiger partial charge < -0.3 is 16.4 Å². The molecule has 8 heteroatoms. The third-order valence-corrected chi connectivity index (χ3v) is 5.00. The summed E-state index contributed by atoms with van der Waals surface area (Å²) in [5.41, 5.74) is 6.01. The average molecular weight is 311 g/mol. The van der Waals surface area contributed by atoms with E-state index in [4.69, 9.17) is 5.73 Å². The monoisotopic (exact) mass is 311 g/mol. The molecule has 0 radical (unpaired) electrons. The van der Waals surface area contributed by atoms with Crippen molar-refractivity contribution in [3.63, 3.8) is 0 Å². The van der Waals surface area contributed by atoms with E-state index in [2.05, 4.69) is 10.6 Å². The molecule has 0 aliphatic carbocycles. The van der Waals surface area contributed by atoms with Crippen LogP contribution in [-0.4, -0.2) is 44.3 Å². The minimum absolute atomic E-state index is 0.0172. The Bertz CT molecular complexity index is 657. The standard InChI is InChI=1S/C13H17N3O4S/c14-13(18)10-3-1-2-4-11(10)15-7-12(17)16-9-5-6-21(19,20)8-9/h1-4,9,15H,5-8H2,(H2,14,18)(H,16,17)/t9-/m0/s1. The van der Waals surface area contributed by atoms with Gasteiger partial charge in [0.15, 0.2) is 9.84 Å². The molecule has 1 aromatic carbocycles. The van der Waals surface area contributed by atoms with Crippen molar-refractivity contribution in [2.24, 2.45) is 5.73 Å². The molecule has 7 nitrogen and oxygen atoms in total. The van der Waals surface area contributed by atoms with E-state index in [1.807, 2.05) is 0 Å². The van der Waals surface area contributed by atoms with Crippen molar-refractivity contribution in [3.8, 4) is 0 Å². The zero-order valence-electron chi connectivity index (χ0n) is 11.3. The van der Waals surface area contributed by atoms with Gasteiger partial charge in [0.25, 0.3) is 5.91 Å². The van der Waals surface area contributed by atoms with Gasteiger partial charge in [-0.15, -0.1) is 0 Å². The highest BCUT2D eigenvalue weighted by molar-refractivity contribution is 7.91. The number of anilines is 1. The van der Waals surface area contributed by atoms with Crippen LogP contribution in [0, 0.1) is 0 Å². The summed E-state index contributed by atoms with van der Waals surface area (Å²) in [6.07, 6.45) is 0.436. The van der Waals surface area contributed by atoms with Crippen LogP contribution in [-0.2, 0) is 14.6 Å². The summed E-state index contributed by atoms with van der Waals surface area (Å²) < 4.78 is 22.6. The van der Waals surface area contributed by atoms with Gasteiger partial charge in [-0.2, -0.15) is 0 Å². The maximum absolute atomic E-state index is 11.8. The predicted molar refractivity (Wildman–Crippen MR) is 78.7 cm³/mol. The van der Waals surface area contributed by atoms with Crippen LogP contribution in [0.1, 0.15) is 16.8 Å². The molecule has 1 heterocycles. The minimum Gasteiger partial charge on any atom is -0.376 e. The number of nitrogens with one attached hydrogen (secondary N) is 2. The summed E-state index contributed by atoms with van der Waals surface area (Å²) in [4.78, 5) is 23.0. The molecule has 0 spiro atoms. The highest BCUT2D eigenvalue weighted by atomic mass is 32.2. The highest BCUT2D eigenvalue weighted by Gasteiger charge is 2.28. The number of para-hydroxylation sites is 1. The molecule has 4 N–H and O–H groups in total. The van der Waals surface area contributed by atoms with E-state index < -0.39 is 15.7 Å². The van der Waals surface area contributed by atoms with Gasteiger partial charge in [-0.3, -0.25) is 9.59 Å². The lowest BCUT2D eigenvalue weighted by Gasteiger charge is -2.13. The minimum atomic E-state index is -3.02. The van der Waals surface area contributed by atoms with Crippen LogP contribution in [0.2, 0.25) is 0 Å². The SMILES string of the molecule is NC(=O)c1ccccc1NCC(=O)N[C@H]1CCS(=O)(=O)C1. The average Bonchev–Trinajstić information content (AvgIpc) is 2.75. The van der Waals surface area contributed by atoms with Gasteiger partial charge in [0.1, 0.15) is 0 Å². The van der Waals surface area contributed by atoms with Crippen molar-refractivity contribution in [2.45, 2.75) is 12.5 Å². The van der Waals surface area contributed by atoms with Crippen LogP contribution in [0.4, 0.5) is 5.69 Å². The molecule has 1 saturated heterocycles. The number of carbonyl (C=O) groups is 2. The van der Waals surface area contributed by atoms with Gasteiger partial charge in [0.2, 0.25) is 5.91 Å². The van der Waals surface area contributed by atoms with Crippen LogP contribution in [0.15, 0.2) is 24.3 Å². The van der Waals surface area contributed by atoms with E-state index in [1.54, 1.807) is 24.3 Å². The summed E-state index contributed by atoms with van der Waals surface area (Å²) in [5, 5.41) is 5.48. The molecule has 114 valence electrons. The van der Waals surface area contributed by atoms with Crippen LogP contribution in [0.3, 0.4) is 0 Å². The van der Waals surface area contributed by atoms with Crippen molar-refractivity contribution in [3.05, 3.63) is 29.8 Å². The van der Waals surface area contributed by atoms with Crippen LogP contribution in [0.5, 0.6) is 0 Å². The van der Waals surface area contributed by atoms with E-state index >= 15 is 0 Å². The second-order valence-electron chi connectivity index (χ2n) is 4.93. The van der Waals surface area contributed by atoms with Gasteiger partial charge in [-0.25, -0.2) is 8.42 Å². The normalized spacial score (nSPS) is 19.9. The Hall–Kier alpha value is -2.09. The number of rotatable bonds is 5. The fourth-order valence-corrected chi connectivity index (χ4v) is 3.89. The Labute approximate surface area is 122 Å². The topological polar surface area (TPSA) is 118 Å². The number of primary amides is 1. The number of nitrogens with two attached hydrogens (primary N) is 1. The van der Waals surface area contributed by atoms with Crippen molar-refractivity contribution >= 4 is 27.3 Å². The largest absolute Gasteiger partial charge is 0.376 e. The number of sulfone groups is 1. The van der Waals surface area contributed by atoms with E-state index in [0.717, 1.165) is 0 Å². The smallest absolute Gasteiger partial charge is 0.250 e. The summed E-state index contributed by atoms with van der Waals surface area (Å²) in [6.45, 7) is -0.0547. The fraction of sp³-hybridized carbons (Fsp3) is 0.385. The first kappa shape index (κ1) is 15.3. The third kappa shape index (κ3) is 4.19. The number of carbonyl (C=O) groups excluding carboxylic acids is 2. The molecule has 1 fully saturated rings. The second kappa shape index (κ2) is 6.13. The van der Waals surface area contributed by atoms with Gasteiger partial charge in [0.05, 0.1) is 23.6 Å². The Morgan fingerprint density at radius 3 is 2.62 bits per heavy atom. The van der Waals surface area contributed by atoms with Crippen molar-refractivity contribution in [1.29, 1.82) is 0 Å². The number of hydrogen-bond donors (Lipinski definition) is 3. The first-order valence-electron chi connectivity index (χ1n) is 6.50. The summed E-state index contributed by atoms with van der Waals surface area (Å²) >= 11 is 0.